The zero-order valence-corrected chi connectivity index (χ0v) is 10.3. The number of amides is 1. The Kier molecular flexibility index (Phi) is 2.74. The molecule has 19 heavy (non-hydrogen) atoms. The SMILES string of the molecule is O=C(O)N1CCC(O)(c2ccc3c(c2)OCO3)CC1. The Morgan fingerprint density at radius 3 is 2.58 bits per heavy atom. The first-order valence-corrected chi connectivity index (χ1v) is 6.19. The van der Waals surface area contributed by atoms with E-state index in [9.17, 15) is 9.90 Å². The van der Waals surface area contributed by atoms with Crippen LogP contribution in [0.2, 0.25) is 0 Å². The summed E-state index contributed by atoms with van der Waals surface area (Å²) in [6, 6.07) is 5.36. The van der Waals surface area contributed by atoms with Crippen LogP contribution in [-0.4, -0.2) is 41.1 Å². The number of fused-ring (bicyclic) bond motifs is 1. The topological polar surface area (TPSA) is 79.2 Å². The monoisotopic (exact) mass is 265 g/mol. The van der Waals surface area contributed by atoms with Gasteiger partial charge in [0.05, 0.1) is 5.60 Å². The molecule has 0 radical (unpaired) electrons. The van der Waals surface area contributed by atoms with E-state index in [0.717, 1.165) is 5.56 Å². The molecule has 0 bridgehead atoms. The van der Waals surface area contributed by atoms with Gasteiger partial charge >= 0.3 is 6.09 Å². The zero-order chi connectivity index (χ0) is 13.5. The maximum Gasteiger partial charge on any atom is 0.407 e. The van der Waals surface area contributed by atoms with E-state index in [1.807, 2.05) is 6.07 Å². The summed E-state index contributed by atoms with van der Waals surface area (Å²) < 4.78 is 10.5. The van der Waals surface area contributed by atoms with Crippen LogP contribution < -0.4 is 9.47 Å². The van der Waals surface area contributed by atoms with Gasteiger partial charge in [0.2, 0.25) is 6.79 Å². The summed E-state index contributed by atoms with van der Waals surface area (Å²) in [6.45, 7) is 0.866. The Hall–Kier alpha value is -1.95. The van der Waals surface area contributed by atoms with Crippen molar-refractivity contribution in [2.24, 2.45) is 0 Å². The van der Waals surface area contributed by atoms with Gasteiger partial charge in [0, 0.05) is 13.1 Å². The lowest BCUT2D eigenvalue weighted by molar-refractivity contribution is -0.0214. The van der Waals surface area contributed by atoms with Crippen molar-refractivity contribution in [2.45, 2.75) is 18.4 Å². The minimum absolute atomic E-state index is 0.198. The van der Waals surface area contributed by atoms with Crippen molar-refractivity contribution >= 4 is 6.09 Å². The lowest BCUT2D eigenvalue weighted by Gasteiger charge is -2.37. The zero-order valence-electron chi connectivity index (χ0n) is 10.3. The van der Waals surface area contributed by atoms with Crippen LogP contribution in [-0.2, 0) is 5.60 Å². The number of carboxylic acid groups (broad SMARTS) is 1. The van der Waals surface area contributed by atoms with Gasteiger partial charge in [-0.05, 0) is 30.5 Å². The maximum absolute atomic E-state index is 10.9. The van der Waals surface area contributed by atoms with E-state index in [-0.39, 0.29) is 6.79 Å². The summed E-state index contributed by atoms with van der Waals surface area (Å²) in [4.78, 5) is 12.2. The third kappa shape index (κ3) is 2.08. The summed E-state index contributed by atoms with van der Waals surface area (Å²) in [5.74, 6) is 1.31. The second-order valence-electron chi connectivity index (χ2n) is 4.87. The number of likely N-dealkylation sites (tertiary alicyclic amines) is 1. The second kappa shape index (κ2) is 4.31. The minimum atomic E-state index is -0.993. The van der Waals surface area contributed by atoms with Crippen LogP contribution in [0.4, 0.5) is 4.79 Å². The fourth-order valence-electron chi connectivity index (χ4n) is 2.54. The van der Waals surface area contributed by atoms with Gasteiger partial charge in [0.25, 0.3) is 0 Å². The molecular formula is C13H15NO5. The third-order valence-corrected chi connectivity index (χ3v) is 3.77. The van der Waals surface area contributed by atoms with Crippen molar-refractivity contribution in [1.82, 2.24) is 4.90 Å². The lowest BCUT2D eigenvalue weighted by atomic mass is 9.84. The Morgan fingerprint density at radius 1 is 1.21 bits per heavy atom. The van der Waals surface area contributed by atoms with E-state index in [4.69, 9.17) is 14.6 Å². The first-order chi connectivity index (χ1) is 9.08. The summed E-state index contributed by atoms with van der Waals surface area (Å²) in [6.07, 6.45) is -0.162. The molecule has 6 nitrogen and oxygen atoms in total. The number of hydrogen-bond donors (Lipinski definition) is 2. The fourth-order valence-corrected chi connectivity index (χ4v) is 2.54. The minimum Gasteiger partial charge on any atom is -0.465 e. The number of hydrogen-bond acceptors (Lipinski definition) is 4. The molecule has 0 saturated carbocycles. The highest BCUT2D eigenvalue weighted by molar-refractivity contribution is 5.65. The lowest BCUT2D eigenvalue weighted by Crippen LogP contribution is -2.44. The predicted octanol–water partition coefficient (Wildman–Crippen LogP) is 1.38. The van der Waals surface area contributed by atoms with Crippen molar-refractivity contribution in [3.63, 3.8) is 0 Å². The van der Waals surface area contributed by atoms with Crippen molar-refractivity contribution in [1.29, 1.82) is 0 Å². The first-order valence-electron chi connectivity index (χ1n) is 6.19. The largest absolute Gasteiger partial charge is 0.465 e. The molecule has 0 atom stereocenters. The number of benzene rings is 1. The molecule has 0 aromatic heterocycles. The van der Waals surface area contributed by atoms with Crippen LogP contribution in [0.3, 0.4) is 0 Å². The number of rotatable bonds is 1. The molecule has 1 fully saturated rings. The van der Waals surface area contributed by atoms with Gasteiger partial charge < -0.3 is 24.6 Å². The number of ether oxygens (including phenoxy) is 2. The number of aliphatic hydroxyl groups is 1. The number of carbonyl (C=O) groups is 1. The molecule has 0 aliphatic carbocycles. The average Bonchev–Trinajstić information content (AvgIpc) is 2.86. The van der Waals surface area contributed by atoms with E-state index in [1.54, 1.807) is 12.1 Å². The van der Waals surface area contributed by atoms with E-state index >= 15 is 0 Å². The predicted molar refractivity (Wildman–Crippen MR) is 65.3 cm³/mol. The third-order valence-electron chi connectivity index (χ3n) is 3.77. The van der Waals surface area contributed by atoms with Crippen molar-refractivity contribution in [2.75, 3.05) is 19.9 Å². The quantitative estimate of drug-likeness (QED) is 0.802. The molecule has 3 rings (SSSR count). The second-order valence-corrected chi connectivity index (χ2v) is 4.87. The van der Waals surface area contributed by atoms with E-state index < -0.39 is 11.7 Å². The Bertz CT molecular complexity index is 508. The molecule has 1 aromatic rings. The maximum atomic E-state index is 10.9. The molecule has 2 N–H and O–H groups in total. The van der Waals surface area contributed by atoms with E-state index in [0.29, 0.717) is 37.4 Å². The Morgan fingerprint density at radius 2 is 1.89 bits per heavy atom. The van der Waals surface area contributed by atoms with Gasteiger partial charge in [-0.25, -0.2) is 4.79 Å². The van der Waals surface area contributed by atoms with Crippen LogP contribution in [0.25, 0.3) is 0 Å². The molecular weight excluding hydrogens is 250 g/mol. The summed E-state index contributed by atoms with van der Waals surface area (Å²) in [5, 5.41) is 19.6. The molecule has 102 valence electrons. The van der Waals surface area contributed by atoms with Crippen LogP contribution in [0.1, 0.15) is 18.4 Å². The van der Waals surface area contributed by atoms with Gasteiger partial charge in [-0.1, -0.05) is 6.07 Å². The number of piperidine rings is 1. The highest BCUT2D eigenvalue weighted by Gasteiger charge is 2.36. The molecule has 1 saturated heterocycles. The van der Waals surface area contributed by atoms with Crippen LogP contribution in [0.15, 0.2) is 18.2 Å². The Balaban J connectivity index is 1.80. The van der Waals surface area contributed by atoms with Crippen LogP contribution in [0, 0.1) is 0 Å². The molecule has 0 spiro atoms. The molecule has 1 aromatic carbocycles. The van der Waals surface area contributed by atoms with Gasteiger partial charge in [-0.15, -0.1) is 0 Å². The van der Waals surface area contributed by atoms with Crippen LogP contribution in [0.5, 0.6) is 11.5 Å². The van der Waals surface area contributed by atoms with Gasteiger partial charge in [-0.2, -0.15) is 0 Å². The van der Waals surface area contributed by atoms with Crippen molar-refractivity contribution in [3.05, 3.63) is 23.8 Å². The van der Waals surface area contributed by atoms with Gasteiger partial charge in [-0.3, -0.25) is 0 Å². The summed E-state index contributed by atoms with van der Waals surface area (Å²) in [7, 11) is 0. The highest BCUT2D eigenvalue weighted by atomic mass is 16.7. The van der Waals surface area contributed by atoms with E-state index in [2.05, 4.69) is 0 Å². The first kappa shape index (κ1) is 12.1. The normalized spacial score (nSPS) is 20.4. The molecule has 6 heteroatoms. The smallest absolute Gasteiger partial charge is 0.407 e. The standard InChI is InChI=1S/C13H15NO5/c15-12(16)14-5-3-13(17,4-6-14)9-1-2-10-11(7-9)19-8-18-10/h1-2,7,17H,3-6,8H2,(H,15,16). The van der Waals surface area contributed by atoms with Crippen molar-refractivity contribution < 1.29 is 24.5 Å². The summed E-state index contributed by atoms with van der Waals surface area (Å²) in [5.41, 5.74) is -0.241. The summed E-state index contributed by atoms with van der Waals surface area (Å²) >= 11 is 0. The molecule has 2 aliphatic rings. The van der Waals surface area contributed by atoms with Gasteiger partial charge in [0.1, 0.15) is 0 Å². The number of nitrogens with zero attached hydrogens (tertiary/aromatic N) is 1. The molecule has 1 amide bonds. The fraction of sp³-hybridized carbons (Fsp3) is 0.462. The highest BCUT2D eigenvalue weighted by Crippen LogP contribution is 2.39. The van der Waals surface area contributed by atoms with Crippen LogP contribution >= 0.6 is 0 Å². The molecule has 0 unspecified atom stereocenters. The Labute approximate surface area is 110 Å². The van der Waals surface area contributed by atoms with Gasteiger partial charge in [0.15, 0.2) is 11.5 Å². The van der Waals surface area contributed by atoms with Crippen molar-refractivity contribution in [3.8, 4) is 11.5 Å². The molecule has 2 aliphatic heterocycles. The van der Waals surface area contributed by atoms with E-state index in [1.165, 1.54) is 4.90 Å². The average molecular weight is 265 g/mol. The molecule has 2 heterocycles.